The molecule has 1 rings (SSSR count). The zero-order valence-corrected chi connectivity index (χ0v) is 21.1. The van der Waals surface area contributed by atoms with E-state index in [2.05, 4.69) is 63.5 Å². The molecule has 162 valence electrons. The second-order valence-electron chi connectivity index (χ2n) is 5.17. The minimum Gasteiger partial charge on any atom is -0.0988 e. The average Bonchev–Trinajstić information content (AvgIpc) is 2.78. The van der Waals surface area contributed by atoms with Crippen molar-refractivity contribution in [3.63, 3.8) is 0 Å². The highest BCUT2D eigenvalue weighted by Crippen LogP contribution is 2.23. The van der Waals surface area contributed by atoms with Gasteiger partial charge in [-0.15, -0.1) is 0 Å². The molecule has 0 amide bonds. The molecule has 0 fully saturated rings. The first-order valence-electron chi connectivity index (χ1n) is 11.3. The van der Waals surface area contributed by atoms with Crippen LogP contribution < -0.4 is 0 Å². The molecule has 1 aliphatic rings. The molecule has 0 bridgehead atoms. The van der Waals surface area contributed by atoms with E-state index in [9.17, 15) is 0 Å². The van der Waals surface area contributed by atoms with Crippen LogP contribution in [0.2, 0.25) is 0 Å². The second-order valence-corrected chi connectivity index (χ2v) is 5.17. The van der Waals surface area contributed by atoms with Gasteiger partial charge in [-0.25, -0.2) is 0 Å². The van der Waals surface area contributed by atoms with Crippen LogP contribution in [0.5, 0.6) is 0 Å². The number of hydrogen-bond donors (Lipinski definition) is 0. The molecule has 28 heavy (non-hydrogen) atoms. The molecule has 1 aliphatic carbocycles. The third-order valence-electron chi connectivity index (χ3n) is 3.53. The van der Waals surface area contributed by atoms with Gasteiger partial charge in [-0.3, -0.25) is 0 Å². The summed E-state index contributed by atoms with van der Waals surface area (Å²) in [5.74, 6) is 0. The van der Waals surface area contributed by atoms with Crippen molar-refractivity contribution < 1.29 is 0 Å². The number of rotatable bonds is 6. The molecular formula is C28H50. The third-order valence-corrected chi connectivity index (χ3v) is 3.53. The van der Waals surface area contributed by atoms with Gasteiger partial charge in [0, 0.05) is 0 Å². The molecule has 0 aromatic carbocycles. The Bertz CT molecular complexity index is 516. The number of hydrogen-bond acceptors (Lipinski definition) is 0. The van der Waals surface area contributed by atoms with E-state index in [1.807, 2.05) is 68.4 Å². The predicted molar refractivity (Wildman–Crippen MR) is 137 cm³/mol. The average molecular weight is 387 g/mol. The Morgan fingerprint density at radius 1 is 0.964 bits per heavy atom. The van der Waals surface area contributed by atoms with E-state index in [0.29, 0.717) is 0 Å². The quantitative estimate of drug-likeness (QED) is 0.314. The summed E-state index contributed by atoms with van der Waals surface area (Å²) in [5, 5.41) is 0. The lowest BCUT2D eigenvalue weighted by Crippen LogP contribution is -1.91. The van der Waals surface area contributed by atoms with Gasteiger partial charge in [0.2, 0.25) is 0 Å². The Balaban J connectivity index is -0.000000318. The van der Waals surface area contributed by atoms with Crippen LogP contribution in [0.4, 0.5) is 0 Å². The van der Waals surface area contributed by atoms with E-state index < -0.39 is 0 Å². The molecule has 0 unspecified atom stereocenters. The van der Waals surface area contributed by atoms with Crippen LogP contribution in [-0.4, -0.2) is 0 Å². The fraction of sp³-hybridized carbons (Fsp3) is 0.500. The fourth-order valence-electron chi connectivity index (χ4n) is 2.11. The molecule has 0 heterocycles. The third kappa shape index (κ3) is 17.6. The van der Waals surface area contributed by atoms with Crippen LogP contribution in [0.1, 0.15) is 95.4 Å². The summed E-state index contributed by atoms with van der Waals surface area (Å²) < 4.78 is 0. The summed E-state index contributed by atoms with van der Waals surface area (Å²) >= 11 is 0. The maximum Gasteiger partial charge on any atom is -0.00976 e. The van der Waals surface area contributed by atoms with Gasteiger partial charge >= 0.3 is 0 Å². The molecule has 0 spiro atoms. The van der Waals surface area contributed by atoms with Crippen LogP contribution >= 0.6 is 0 Å². The van der Waals surface area contributed by atoms with E-state index in [4.69, 9.17) is 0 Å². The lowest BCUT2D eigenvalue weighted by atomic mass is 9.95. The van der Waals surface area contributed by atoms with Gasteiger partial charge in [-0.05, 0) is 67.9 Å². The van der Waals surface area contributed by atoms with E-state index in [1.165, 1.54) is 22.3 Å². The lowest BCUT2D eigenvalue weighted by Gasteiger charge is -2.11. The van der Waals surface area contributed by atoms with Gasteiger partial charge in [0.25, 0.3) is 0 Å². The van der Waals surface area contributed by atoms with E-state index in [1.54, 1.807) is 0 Å². The van der Waals surface area contributed by atoms with Gasteiger partial charge in [0.1, 0.15) is 0 Å². The SMILES string of the molecule is C=C/C(=C/C(=C)/C(C)=C\C1=CCCC=C1C)C/C=C\C.CC.CC.CC.CC. The van der Waals surface area contributed by atoms with Crippen molar-refractivity contribution in [2.24, 2.45) is 0 Å². The maximum atomic E-state index is 4.18. The van der Waals surface area contributed by atoms with E-state index in [-0.39, 0.29) is 0 Å². The molecular weight excluding hydrogens is 336 g/mol. The summed E-state index contributed by atoms with van der Waals surface area (Å²) in [7, 11) is 0. The minimum absolute atomic E-state index is 0.911. The van der Waals surface area contributed by atoms with Gasteiger partial charge in [0.05, 0.1) is 0 Å². The first kappa shape index (κ1) is 33.7. The first-order valence-corrected chi connectivity index (χ1v) is 11.3. The highest BCUT2D eigenvalue weighted by Gasteiger charge is 2.03. The maximum absolute atomic E-state index is 4.18. The fourth-order valence-corrected chi connectivity index (χ4v) is 2.11. The largest absolute Gasteiger partial charge is 0.0988 e. The van der Waals surface area contributed by atoms with Crippen molar-refractivity contribution in [1.29, 1.82) is 0 Å². The summed E-state index contributed by atoms with van der Waals surface area (Å²) in [5.41, 5.74) is 6.17. The lowest BCUT2D eigenvalue weighted by molar-refractivity contribution is 1.000. The Morgan fingerprint density at radius 2 is 1.46 bits per heavy atom. The summed E-state index contributed by atoms with van der Waals surface area (Å²) in [6, 6.07) is 0. The summed E-state index contributed by atoms with van der Waals surface area (Å²) in [4.78, 5) is 0. The topological polar surface area (TPSA) is 0 Å². The van der Waals surface area contributed by atoms with Crippen molar-refractivity contribution in [2.75, 3.05) is 0 Å². The highest BCUT2D eigenvalue weighted by atomic mass is 14.1. The van der Waals surface area contributed by atoms with Crippen molar-refractivity contribution in [1.82, 2.24) is 0 Å². The highest BCUT2D eigenvalue weighted by molar-refractivity contribution is 5.49. The standard InChI is InChI=1S/C20H26.4C2H6/c1-6-8-12-19(7-2)14-17(4)18(5)15-20-13-10-9-11-16(20)3;4*1-2/h6-8,11,13-15H,2,4,9-10,12H2,1,3,5H3;4*1-2H3/b8-6-,18-15-,19-14-;;;;. The first-order chi connectivity index (χ1) is 13.6. The minimum atomic E-state index is 0.911. The van der Waals surface area contributed by atoms with Gasteiger partial charge in [0.15, 0.2) is 0 Å². The van der Waals surface area contributed by atoms with Gasteiger partial charge in [-0.2, -0.15) is 0 Å². The van der Waals surface area contributed by atoms with Crippen LogP contribution in [0.25, 0.3) is 0 Å². The van der Waals surface area contributed by atoms with Crippen molar-refractivity contribution in [2.45, 2.75) is 95.4 Å². The van der Waals surface area contributed by atoms with Crippen LogP contribution in [0, 0.1) is 0 Å². The van der Waals surface area contributed by atoms with Crippen LogP contribution in [0.3, 0.4) is 0 Å². The predicted octanol–water partition coefficient (Wildman–Crippen LogP) is 10.3. The molecule has 0 nitrogen and oxygen atoms in total. The van der Waals surface area contributed by atoms with Crippen LogP contribution in [-0.2, 0) is 0 Å². The smallest absolute Gasteiger partial charge is 0.00976 e. The Labute approximate surface area is 179 Å². The molecule has 0 radical (unpaired) electrons. The van der Waals surface area contributed by atoms with Crippen LogP contribution in [0.15, 0.2) is 83.6 Å². The zero-order chi connectivity index (χ0) is 23.0. The van der Waals surface area contributed by atoms with Gasteiger partial charge < -0.3 is 0 Å². The van der Waals surface area contributed by atoms with Gasteiger partial charge in [-0.1, -0.05) is 111 Å². The molecule has 0 saturated heterocycles. The zero-order valence-electron chi connectivity index (χ0n) is 21.1. The molecule has 0 aliphatic heterocycles. The molecule has 0 aromatic rings. The van der Waals surface area contributed by atoms with Crippen molar-refractivity contribution >= 4 is 0 Å². The normalized spacial score (nSPS) is 13.0. The number of allylic oxidation sites excluding steroid dienone is 12. The van der Waals surface area contributed by atoms with Crippen molar-refractivity contribution in [3.05, 3.63) is 83.6 Å². The summed E-state index contributed by atoms with van der Waals surface area (Å²) in [6.45, 7) is 30.4. The van der Waals surface area contributed by atoms with E-state index in [0.717, 1.165) is 24.8 Å². The molecule has 0 aromatic heterocycles. The van der Waals surface area contributed by atoms with E-state index >= 15 is 0 Å². The monoisotopic (exact) mass is 386 g/mol. The molecule has 0 atom stereocenters. The molecule has 0 heteroatoms. The molecule has 0 N–H and O–H groups in total. The Kier molecular flexibility index (Phi) is 33.0. The van der Waals surface area contributed by atoms with Crippen molar-refractivity contribution in [3.8, 4) is 0 Å². The second kappa shape index (κ2) is 27.4. The summed E-state index contributed by atoms with van der Waals surface area (Å²) in [6.07, 6.45) is 18.3. The molecule has 0 saturated carbocycles. The Hall–Kier alpha value is -1.82. The Morgan fingerprint density at radius 3 is 1.89 bits per heavy atom.